The summed E-state index contributed by atoms with van der Waals surface area (Å²) in [5, 5.41) is 21.6. The topological polar surface area (TPSA) is 103 Å². The van der Waals surface area contributed by atoms with Crippen LogP contribution in [-0.4, -0.2) is 55.2 Å². The predicted molar refractivity (Wildman–Crippen MR) is 105 cm³/mol. The van der Waals surface area contributed by atoms with Crippen molar-refractivity contribution >= 4 is 17.7 Å². The van der Waals surface area contributed by atoms with E-state index in [9.17, 15) is 9.90 Å². The molecule has 3 aromatic rings. The van der Waals surface area contributed by atoms with Gasteiger partial charge in [-0.25, -0.2) is 0 Å². The zero-order valence-corrected chi connectivity index (χ0v) is 16.5. The highest BCUT2D eigenvalue weighted by Gasteiger charge is 2.18. The predicted octanol–water partition coefficient (Wildman–Crippen LogP) is 2.24. The van der Waals surface area contributed by atoms with E-state index in [0.717, 1.165) is 11.3 Å². The smallest absolute Gasteiger partial charge is 0.233 e. The lowest BCUT2D eigenvalue weighted by Crippen LogP contribution is -2.31. The number of tetrazole rings is 1. The van der Waals surface area contributed by atoms with Crippen LogP contribution in [0.1, 0.15) is 12.5 Å². The minimum absolute atomic E-state index is 0.0181. The molecule has 2 heterocycles. The highest BCUT2D eigenvalue weighted by Crippen LogP contribution is 2.33. The van der Waals surface area contributed by atoms with Gasteiger partial charge in [0, 0.05) is 13.1 Å². The molecule has 4 rings (SSSR count). The van der Waals surface area contributed by atoms with Gasteiger partial charge in [0.25, 0.3) is 0 Å². The quantitative estimate of drug-likeness (QED) is 0.589. The first kappa shape index (κ1) is 19.1. The number of benzene rings is 2. The Kier molecular flexibility index (Phi) is 5.52. The maximum absolute atomic E-state index is 12.7. The number of hydrogen-bond acceptors (Lipinski definition) is 8. The summed E-state index contributed by atoms with van der Waals surface area (Å²) in [7, 11) is 0. The molecular formula is C19H19N5O4S. The molecule has 1 N–H and O–H groups in total. The van der Waals surface area contributed by atoms with Crippen LogP contribution in [0, 0.1) is 0 Å². The Morgan fingerprint density at radius 3 is 2.79 bits per heavy atom. The Labute approximate surface area is 171 Å². The van der Waals surface area contributed by atoms with Crippen molar-refractivity contribution in [3.63, 3.8) is 0 Å². The summed E-state index contributed by atoms with van der Waals surface area (Å²) in [6.07, 6.45) is 0. The largest absolute Gasteiger partial charge is 0.508 e. The molecule has 0 spiro atoms. The number of aromatic nitrogens is 4. The molecule has 0 atom stereocenters. The highest BCUT2D eigenvalue weighted by atomic mass is 32.2. The first-order chi connectivity index (χ1) is 14.1. The summed E-state index contributed by atoms with van der Waals surface area (Å²) < 4.78 is 12.3. The fraction of sp³-hybridized carbons (Fsp3) is 0.263. The lowest BCUT2D eigenvalue weighted by molar-refractivity contribution is -0.128. The normalized spacial score (nSPS) is 12.2. The van der Waals surface area contributed by atoms with Crippen LogP contribution in [0.15, 0.2) is 47.6 Å². The number of hydrogen-bond donors (Lipinski definition) is 1. The fourth-order valence-corrected chi connectivity index (χ4v) is 3.67. The molecule has 0 saturated carbocycles. The third kappa shape index (κ3) is 4.27. The third-order valence-corrected chi connectivity index (χ3v) is 5.31. The average Bonchev–Trinajstić information content (AvgIpc) is 3.39. The van der Waals surface area contributed by atoms with Crippen molar-refractivity contribution in [1.29, 1.82) is 0 Å². The number of phenolic OH excluding ortho intramolecular Hbond substituents is 1. The van der Waals surface area contributed by atoms with Crippen LogP contribution in [0.2, 0.25) is 0 Å². The summed E-state index contributed by atoms with van der Waals surface area (Å²) in [5.41, 5.74) is 1.68. The number of ether oxygens (including phenoxy) is 2. The minimum atomic E-state index is -0.0181. The van der Waals surface area contributed by atoms with Crippen LogP contribution in [-0.2, 0) is 11.3 Å². The molecule has 10 heteroatoms. The maximum Gasteiger partial charge on any atom is 0.233 e. The molecule has 0 bridgehead atoms. The van der Waals surface area contributed by atoms with Gasteiger partial charge in [-0.1, -0.05) is 17.8 Å². The summed E-state index contributed by atoms with van der Waals surface area (Å²) in [5.74, 6) is 1.77. The number of carbonyl (C=O) groups excluding carboxylic acids is 1. The lowest BCUT2D eigenvalue weighted by atomic mass is 10.2. The van der Waals surface area contributed by atoms with Crippen molar-refractivity contribution < 1.29 is 19.4 Å². The Hall–Kier alpha value is -3.27. The molecule has 150 valence electrons. The SMILES string of the molecule is CCN(Cc1ccc2c(c1)OCO2)C(=O)CSc1nnnn1-c1ccc(O)cc1. The molecule has 0 unspecified atom stereocenters. The van der Waals surface area contributed by atoms with Crippen molar-refractivity contribution in [3.8, 4) is 22.9 Å². The van der Waals surface area contributed by atoms with Crippen LogP contribution in [0.5, 0.6) is 17.2 Å². The van der Waals surface area contributed by atoms with E-state index in [0.29, 0.717) is 29.7 Å². The molecule has 9 nitrogen and oxygen atoms in total. The van der Waals surface area contributed by atoms with Crippen LogP contribution < -0.4 is 9.47 Å². The third-order valence-electron chi connectivity index (χ3n) is 4.40. The first-order valence-electron chi connectivity index (χ1n) is 9.01. The van der Waals surface area contributed by atoms with Gasteiger partial charge >= 0.3 is 0 Å². The van der Waals surface area contributed by atoms with Gasteiger partial charge in [0.05, 0.1) is 11.4 Å². The average molecular weight is 413 g/mol. The summed E-state index contributed by atoms with van der Waals surface area (Å²) >= 11 is 1.26. The van der Waals surface area contributed by atoms with Crippen molar-refractivity contribution in [1.82, 2.24) is 25.1 Å². The van der Waals surface area contributed by atoms with Crippen LogP contribution >= 0.6 is 11.8 Å². The Morgan fingerprint density at radius 2 is 2.00 bits per heavy atom. The molecule has 2 aromatic carbocycles. The molecule has 29 heavy (non-hydrogen) atoms. The molecule has 0 aliphatic carbocycles. The van der Waals surface area contributed by atoms with Gasteiger partial charge in [0.15, 0.2) is 11.5 Å². The number of rotatable bonds is 7. The van der Waals surface area contributed by atoms with E-state index in [1.54, 1.807) is 29.2 Å². The molecule has 0 fully saturated rings. The molecule has 0 saturated heterocycles. The Bertz CT molecular complexity index is 1010. The number of thioether (sulfide) groups is 1. The zero-order chi connectivity index (χ0) is 20.2. The molecule has 1 aliphatic rings. The van der Waals surface area contributed by atoms with Crippen LogP contribution in [0.3, 0.4) is 0 Å². The number of aromatic hydroxyl groups is 1. The van der Waals surface area contributed by atoms with E-state index in [4.69, 9.17) is 9.47 Å². The summed E-state index contributed by atoms with van der Waals surface area (Å²) in [4.78, 5) is 14.5. The first-order valence-corrected chi connectivity index (χ1v) is 9.99. The molecular weight excluding hydrogens is 394 g/mol. The molecule has 1 amide bonds. The van der Waals surface area contributed by atoms with E-state index < -0.39 is 0 Å². The fourth-order valence-electron chi connectivity index (χ4n) is 2.88. The lowest BCUT2D eigenvalue weighted by Gasteiger charge is -2.21. The minimum Gasteiger partial charge on any atom is -0.508 e. The van der Waals surface area contributed by atoms with Gasteiger partial charge in [0.2, 0.25) is 17.9 Å². The van der Waals surface area contributed by atoms with Crippen molar-refractivity contribution in [3.05, 3.63) is 48.0 Å². The van der Waals surface area contributed by atoms with Gasteiger partial charge in [-0.15, -0.1) is 5.10 Å². The van der Waals surface area contributed by atoms with E-state index >= 15 is 0 Å². The van der Waals surface area contributed by atoms with E-state index in [1.165, 1.54) is 16.4 Å². The van der Waals surface area contributed by atoms with Crippen molar-refractivity contribution in [2.75, 3.05) is 19.1 Å². The summed E-state index contributed by atoms with van der Waals surface area (Å²) in [6.45, 7) is 3.23. The zero-order valence-electron chi connectivity index (χ0n) is 15.7. The highest BCUT2D eigenvalue weighted by molar-refractivity contribution is 7.99. The monoisotopic (exact) mass is 413 g/mol. The van der Waals surface area contributed by atoms with Crippen molar-refractivity contribution in [2.24, 2.45) is 0 Å². The van der Waals surface area contributed by atoms with Gasteiger partial charge in [-0.2, -0.15) is 4.68 Å². The standard InChI is InChI=1S/C19H19N5O4S/c1-2-23(10-13-3-8-16-17(9-13)28-12-27-16)18(26)11-29-19-20-21-22-24(19)14-4-6-15(25)7-5-14/h3-9,25H,2,10-12H2,1H3. The number of nitrogens with zero attached hydrogens (tertiary/aromatic N) is 5. The molecule has 1 aliphatic heterocycles. The second kappa shape index (κ2) is 8.39. The van der Waals surface area contributed by atoms with E-state index in [2.05, 4.69) is 15.5 Å². The molecule has 0 radical (unpaired) electrons. The van der Waals surface area contributed by atoms with Gasteiger partial charge < -0.3 is 19.5 Å². The summed E-state index contributed by atoms with van der Waals surface area (Å²) in [6, 6.07) is 12.2. The van der Waals surface area contributed by atoms with Crippen LogP contribution in [0.4, 0.5) is 0 Å². The van der Waals surface area contributed by atoms with Gasteiger partial charge in [0.1, 0.15) is 5.75 Å². The van der Waals surface area contributed by atoms with Crippen molar-refractivity contribution in [2.45, 2.75) is 18.6 Å². The Morgan fingerprint density at radius 1 is 1.21 bits per heavy atom. The number of carbonyl (C=O) groups is 1. The van der Waals surface area contributed by atoms with Gasteiger partial charge in [-0.3, -0.25) is 4.79 Å². The number of phenols is 1. The van der Waals surface area contributed by atoms with E-state index in [-0.39, 0.29) is 24.2 Å². The number of fused-ring (bicyclic) bond motifs is 1. The van der Waals surface area contributed by atoms with E-state index in [1.807, 2.05) is 25.1 Å². The second-order valence-electron chi connectivity index (χ2n) is 6.27. The maximum atomic E-state index is 12.7. The second-order valence-corrected chi connectivity index (χ2v) is 7.22. The molecule has 1 aromatic heterocycles. The Balaban J connectivity index is 1.40. The van der Waals surface area contributed by atoms with Crippen LogP contribution in [0.25, 0.3) is 5.69 Å². The number of amides is 1. The van der Waals surface area contributed by atoms with Gasteiger partial charge in [-0.05, 0) is 59.3 Å².